The van der Waals surface area contributed by atoms with E-state index >= 15 is 0 Å². The van der Waals surface area contributed by atoms with Crippen molar-refractivity contribution in [3.05, 3.63) is 59.9 Å². The number of amides is 1. The molecular formula is C24H26N2O4. The zero-order valence-electron chi connectivity index (χ0n) is 17.3. The number of hydrogen-bond acceptors (Lipinski definition) is 5. The molecule has 1 aliphatic rings. The largest absolute Gasteiger partial charge is 0.463 e. The fourth-order valence-electron chi connectivity index (χ4n) is 4.07. The van der Waals surface area contributed by atoms with E-state index in [0.29, 0.717) is 22.5 Å². The zero-order valence-corrected chi connectivity index (χ0v) is 17.3. The first kappa shape index (κ1) is 20.1. The molecule has 0 radical (unpaired) electrons. The fourth-order valence-corrected chi connectivity index (χ4v) is 4.07. The highest BCUT2D eigenvalue weighted by atomic mass is 16.5. The molecule has 1 aliphatic carbocycles. The van der Waals surface area contributed by atoms with E-state index in [9.17, 15) is 9.59 Å². The number of anilines is 1. The van der Waals surface area contributed by atoms with E-state index in [1.165, 1.54) is 5.56 Å². The third-order valence-electron chi connectivity index (χ3n) is 5.64. The number of aromatic nitrogens is 1. The van der Waals surface area contributed by atoms with Crippen molar-refractivity contribution in [3.63, 3.8) is 0 Å². The summed E-state index contributed by atoms with van der Waals surface area (Å²) in [6.07, 6.45) is 3.58. The van der Waals surface area contributed by atoms with Gasteiger partial charge in [0.25, 0.3) is 5.91 Å². The third-order valence-corrected chi connectivity index (χ3v) is 5.64. The van der Waals surface area contributed by atoms with Crippen LogP contribution in [0.1, 0.15) is 61.6 Å². The molecule has 0 spiro atoms. The molecule has 1 amide bonds. The maximum Gasteiger partial charge on any atom is 0.309 e. The number of ether oxygens (including phenoxy) is 1. The van der Waals surface area contributed by atoms with Gasteiger partial charge in [0.15, 0.2) is 0 Å². The Hall–Kier alpha value is -3.15. The number of esters is 1. The lowest BCUT2D eigenvalue weighted by atomic mass is 9.78. The number of nitrogens with one attached hydrogen (secondary N) is 1. The lowest BCUT2D eigenvalue weighted by Crippen LogP contribution is -2.25. The molecule has 0 atom stereocenters. The van der Waals surface area contributed by atoms with E-state index < -0.39 is 0 Å². The van der Waals surface area contributed by atoms with Crippen LogP contribution in [0.15, 0.2) is 53.1 Å². The highest BCUT2D eigenvalue weighted by molar-refractivity contribution is 6.10. The second-order valence-corrected chi connectivity index (χ2v) is 8.14. The molecule has 1 aromatic heterocycles. The van der Waals surface area contributed by atoms with Crippen molar-refractivity contribution in [1.82, 2.24) is 5.16 Å². The Kier molecular flexibility index (Phi) is 5.84. The molecule has 0 unspecified atom stereocenters. The maximum absolute atomic E-state index is 12.6. The van der Waals surface area contributed by atoms with Crippen LogP contribution in [0.25, 0.3) is 10.9 Å². The summed E-state index contributed by atoms with van der Waals surface area (Å²) in [5.41, 5.74) is 2.60. The summed E-state index contributed by atoms with van der Waals surface area (Å²) in [6.45, 7) is 3.77. The average molecular weight is 406 g/mol. The Bertz CT molecular complexity index is 1030. The number of benzene rings is 2. The summed E-state index contributed by atoms with van der Waals surface area (Å²) >= 11 is 0. The molecule has 6 heteroatoms. The summed E-state index contributed by atoms with van der Waals surface area (Å²) in [5, 5.41) is 7.49. The molecule has 0 aliphatic heterocycles. The minimum atomic E-state index is -0.319. The van der Waals surface area contributed by atoms with Gasteiger partial charge in [0, 0.05) is 5.69 Å². The number of rotatable bonds is 5. The molecule has 0 bridgehead atoms. The summed E-state index contributed by atoms with van der Waals surface area (Å²) < 4.78 is 10.6. The first-order valence-corrected chi connectivity index (χ1v) is 10.5. The molecule has 0 saturated heterocycles. The van der Waals surface area contributed by atoms with Crippen molar-refractivity contribution in [2.24, 2.45) is 5.92 Å². The predicted molar refractivity (Wildman–Crippen MR) is 114 cm³/mol. The predicted octanol–water partition coefficient (Wildman–Crippen LogP) is 5.31. The van der Waals surface area contributed by atoms with Crippen LogP contribution >= 0.6 is 0 Å². The Morgan fingerprint density at radius 2 is 1.73 bits per heavy atom. The van der Waals surface area contributed by atoms with Gasteiger partial charge in [-0.2, -0.15) is 0 Å². The Morgan fingerprint density at radius 3 is 2.43 bits per heavy atom. The first-order chi connectivity index (χ1) is 14.5. The zero-order chi connectivity index (χ0) is 21.1. The monoisotopic (exact) mass is 406 g/mol. The average Bonchev–Trinajstić information content (AvgIpc) is 3.18. The van der Waals surface area contributed by atoms with Crippen LogP contribution in [0.2, 0.25) is 0 Å². The topological polar surface area (TPSA) is 81.4 Å². The van der Waals surface area contributed by atoms with Gasteiger partial charge in [0.1, 0.15) is 5.52 Å². The van der Waals surface area contributed by atoms with Gasteiger partial charge in [0.2, 0.25) is 5.76 Å². The van der Waals surface area contributed by atoms with Crippen LogP contribution in [0.5, 0.6) is 0 Å². The van der Waals surface area contributed by atoms with Gasteiger partial charge in [-0.1, -0.05) is 29.4 Å². The van der Waals surface area contributed by atoms with Crippen molar-refractivity contribution in [2.45, 2.75) is 51.6 Å². The molecule has 1 heterocycles. The van der Waals surface area contributed by atoms with Gasteiger partial charge in [-0.05, 0) is 75.3 Å². The van der Waals surface area contributed by atoms with E-state index in [0.717, 1.165) is 25.7 Å². The molecule has 1 fully saturated rings. The summed E-state index contributed by atoms with van der Waals surface area (Å²) in [6, 6.07) is 15.2. The van der Waals surface area contributed by atoms with Crippen molar-refractivity contribution in [3.8, 4) is 0 Å². The third kappa shape index (κ3) is 4.37. The lowest BCUT2D eigenvalue weighted by Gasteiger charge is -2.28. The highest BCUT2D eigenvalue weighted by Gasteiger charge is 2.28. The van der Waals surface area contributed by atoms with E-state index in [-0.39, 0.29) is 29.7 Å². The standard InChI is InChI=1S/C24H26N2O4/c1-15(2)29-24(28)18-9-7-16(8-10-18)17-11-13-19(14-12-17)25-23(27)22-20-5-3-4-6-21(20)26-30-22/h3-6,11-16,18H,7-10H2,1-2H3,(H,25,27)/t16-,18+. The van der Waals surface area contributed by atoms with Crippen molar-refractivity contribution >= 4 is 28.5 Å². The van der Waals surface area contributed by atoms with E-state index in [2.05, 4.69) is 10.5 Å². The number of carbonyl (C=O) groups excluding carboxylic acids is 2. The molecule has 156 valence electrons. The molecule has 2 aromatic carbocycles. The van der Waals surface area contributed by atoms with Gasteiger partial charge >= 0.3 is 5.97 Å². The minimum Gasteiger partial charge on any atom is -0.463 e. The van der Waals surface area contributed by atoms with Crippen molar-refractivity contribution < 1.29 is 18.8 Å². The van der Waals surface area contributed by atoms with Crippen molar-refractivity contribution in [2.75, 3.05) is 5.32 Å². The smallest absolute Gasteiger partial charge is 0.309 e. The second kappa shape index (κ2) is 8.69. The number of carbonyl (C=O) groups is 2. The lowest BCUT2D eigenvalue weighted by molar-refractivity contribution is -0.153. The first-order valence-electron chi connectivity index (χ1n) is 10.5. The number of hydrogen-bond donors (Lipinski definition) is 1. The van der Waals surface area contributed by atoms with Crippen molar-refractivity contribution in [1.29, 1.82) is 0 Å². The van der Waals surface area contributed by atoms with Gasteiger partial charge in [0.05, 0.1) is 17.4 Å². The molecule has 1 saturated carbocycles. The second-order valence-electron chi connectivity index (χ2n) is 8.14. The number of fused-ring (bicyclic) bond motifs is 1. The van der Waals surface area contributed by atoms with Gasteiger partial charge < -0.3 is 14.6 Å². The van der Waals surface area contributed by atoms with Crippen LogP contribution in [-0.4, -0.2) is 23.1 Å². The quantitative estimate of drug-likeness (QED) is 0.581. The Labute approximate surface area is 175 Å². The van der Waals surface area contributed by atoms with Gasteiger partial charge in [-0.3, -0.25) is 9.59 Å². The molecular weight excluding hydrogens is 380 g/mol. The van der Waals surface area contributed by atoms with E-state index in [1.54, 1.807) is 0 Å². The van der Waals surface area contributed by atoms with Crippen LogP contribution in [-0.2, 0) is 9.53 Å². The molecule has 6 nitrogen and oxygen atoms in total. The highest BCUT2D eigenvalue weighted by Crippen LogP contribution is 2.36. The Morgan fingerprint density at radius 1 is 1.03 bits per heavy atom. The summed E-state index contributed by atoms with van der Waals surface area (Å²) in [7, 11) is 0. The van der Waals surface area contributed by atoms with E-state index in [1.807, 2.05) is 62.4 Å². The summed E-state index contributed by atoms with van der Waals surface area (Å²) in [5.74, 6) is 0.262. The summed E-state index contributed by atoms with van der Waals surface area (Å²) in [4.78, 5) is 24.7. The molecule has 1 N–H and O–H groups in total. The van der Waals surface area contributed by atoms with E-state index in [4.69, 9.17) is 9.26 Å². The van der Waals surface area contributed by atoms with Crippen LogP contribution in [0.4, 0.5) is 5.69 Å². The molecule has 4 rings (SSSR count). The maximum atomic E-state index is 12.6. The normalized spacial score (nSPS) is 19.0. The number of nitrogens with zero attached hydrogens (tertiary/aromatic N) is 1. The van der Waals surface area contributed by atoms with Crippen LogP contribution in [0.3, 0.4) is 0 Å². The van der Waals surface area contributed by atoms with Crippen LogP contribution < -0.4 is 5.32 Å². The van der Waals surface area contributed by atoms with Gasteiger partial charge in [-0.25, -0.2) is 0 Å². The molecule has 3 aromatic rings. The molecule has 30 heavy (non-hydrogen) atoms. The minimum absolute atomic E-state index is 0.0129. The van der Waals surface area contributed by atoms with Gasteiger partial charge in [-0.15, -0.1) is 0 Å². The fraction of sp³-hybridized carbons (Fsp3) is 0.375. The van der Waals surface area contributed by atoms with Crippen LogP contribution in [0, 0.1) is 5.92 Å². The Balaban J connectivity index is 1.35. The SMILES string of the molecule is CC(C)OC(=O)[C@H]1CC[C@@H](c2ccc(NC(=O)c3onc4ccccc34)cc2)CC1.